The number of methoxy groups -OCH3 is 2. The van der Waals surface area contributed by atoms with Gasteiger partial charge in [0.15, 0.2) is 0 Å². The second-order valence-electron chi connectivity index (χ2n) is 6.98. The first-order valence-corrected chi connectivity index (χ1v) is 11.1. The number of nitro groups is 1. The molecule has 0 N–H and O–H groups in total. The van der Waals surface area contributed by atoms with Crippen molar-refractivity contribution in [2.45, 2.75) is 4.90 Å². The second kappa shape index (κ2) is 8.40. The SMILES string of the molecule is COc1cc(OC)c([N+](=O)[O-])c(C(=O)c2cc3ccccc3n2S(=O)(=O)c2ccccc2)c1. The fourth-order valence-electron chi connectivity index (χ4n) is 3.60. The van der Waals surface area contributed by atoms with Crippen LogP contribution in [0.5, 0.6) is 11.5 Å². The summed E-state index contributed by atoms with van der Waals surface area (Å²) in [5.41, 5.74) is -0.929. The maximum atomic E-state index is 13.7. The molecule has 1 aromatic heterocycles. The van der Waals surface area contributed by atoms with Crippen LogP contribution in [0.15, 0.2) is 77.7 Å². The maximum Gasteiger partial charge on any atom is 0.322 e. The zero-order valence-corrected chi connectivity index (χ0v) is 18.4. The summed E-state index contributed by atoms with van der Waals surface area (Å²) < 4.78 is 38.3. The van der Waals surface area contributed by atoms with E-state index in [0.29, 0.717) is 5.39 Å². The van der Waals surface area contributed by atoms with Gasteiger partial charge in [-0.2, -0.15) is 0 Å². The number of aromatic nitrogens is 1. The first kappa shape index (κ1) is 22.0. The number of hydrogen-bond donors (Lipinski definition) is 0. The third-order valence-electron chi connectivity index (χ3n) is 5.11. The molecule has 9 nitrogen and oxygen atoms in total. The van der Waals surface area contributed by atoms with Crippen LogP contribution in [0, 0.1) is 10.1 Å². The van der Waals surface area contributed by atoms with Gasteiger partial charge in [0, 0.05) is 11.5 Å². The van der Waals surface area contributed by atoms with Gasteiger partial charge in [-0.05, 0) is 30.3 Å². The second-order valence-corrected chi connectivity index (χ2v) is 8.77. The molecule has 0 aliphatic carbocycles. The summed E-state index contributed by atoms with van der Waals surface area (Å²) in [4.78, 5) is 24.7. The van der Waals surface area contributed by atoms with Gasteiger partial charge in [0.1, 0.15) is 17.0 Å². The average Bonchev–Trinajstić information content (AvgIpc) is 3.23. The molecule has 0 saturated carbocycles. The van der Waals surface area contributed by atoms with Gasteiger partial charge in [-0.1, -0.05) is 36.4 Å². The number of carbonyl (C=O) groups excluding carboxylic acids is 1. The Kier molecular flexibility index (Phi) is 5.60. The summed E-state index contributed by atoms with van der Waals surface area (Å²) in [6, 6.07) is 18.1. The van der Waals surface area contributed by atoms with Crippen LogP contribution in [0.3, 0.4) is 0 Å². The van der Waals surface area contributed by atoms with E-state index >= 15 is 0 Å². The van der Waals surface area contributed by atoms with Gasteiger partial charge in [0.05, 0.1) is 29.6 Å². The highest BCUT2D eigenvalue weighted by atomic mass is 32.2. The number of nitro benzene ring substituents is 1. The van der Waals surface area contributed by atoms with Gasteiger partial charge in [0.25, 0.3) is 10.0 Å². The summed E-state index contributed by atoms with van der Waals surface area (Å²) in [5, 5.41) is 12.3. The van der Waals surface area contributed by atoms with Gasteiger partial charge in [-0.25, -0.2) is 12.4 Å². The predicted molar refractivity (Wildman–Crippen MR) is 121 cm³/mol. The minimum absolute atomic E-state index is 0.0295. The fraction of sp³-hybridized carbons (Fsp3) is 0.0870. The van der Waals surface area contributed by atoms with E-state index in [-0.39, 0.29) is 33.2 Å². The van der Waals surface area contributed by atoms with Crippen LogP contribution in [0.4, 0.5) is 5.69 Å². The Hall–Kier alpha value is -4.18. The van der Waals surface area contributed by atoms with Gasteiger partial charge in [-0.3, -0.25) is 14.9 Å². The zero-order valence-electron chi connectivity index (χ0n) is 17.6. The van der Waals surface area contributed by atoms with Crippen molar-refractivity contribution in [2.75, 3.05) is 14.2 Å². The molecule has 0 unspecified atom stereocenters. The molecule has 0 radical (unpaired) electrons. The molecule has 10 heteroatoms. The Morgan fingerprint density at radius 2 is 1.61 bits per heavy atom. The number of ketones is 1. The van der Waals surface area contributed by atoms with Crippen LogP contribution >= 0.6 is 0 Å². The number of carbonyl (C=O) groups is 1. The summed E-state index contributed by atoms with van der Waals surface area (Å²) in [6.07, 6.45) is 0. The highest BCUT2D eigenvalue weighted by molar-refractivity contribution is 7.90. The van der Waals surface area contributed by atoms with Crippen LogP contribution in [-0.2, 0) is 10.0 Å². The van der Waals surface area contributed by atoms with E-state index in [1.807, 2.05) is 0 Å². The smallest absolute Gasteiger partial charge is 0.322 e. The molecule has 0 amide bonds. The first-order chi connectivity index (χ1) is 15.8. The van der Waals surface area contributed by atoms with Crippen molar-refractivity contribution >= 4 is 32.4 Å². The number of nitrogens with zero attached hydrogens (tertiary/aromatic N) is 2. The Labute approximate surface area is 189 Å². The predicted octanol–water partition coefficient (Wildman–Crippen LogP) is 4.03. The lowest BCUT2D eigenvalue weighted by molar-refractivity contribution is -0.386. The number of fused-ring (bicyclic) bond motifs is 1. The van der Waals surface area contributed by atoms with E-state index in [0.717, 1.165) is 3.97 Å². The summed E-state index contributed by atoms with van der Waals surface area (Å²) >= 11 is 0. The molecule has 33 heavy (non-hydrogen) atoms. The van der Waals surface area contributed by atoms with Gasteiger partial charge >= 0.3 is 5.69 Å². The number of rotatable bonds is 7. The molecular formula is C23H18N2O7S. The number of para-hydroxylation sites is 1. The lowest BCUT2D eigenvalue weighted by atomic mass is 10.0. The molecule has 0 aliphatic rings. The van der Waals surface area contributed by atoms with Gasteiger partial charge < -0.3 is 9.47 Å². The molecule has 168 valence electrons. The number of hydrogen-bond acceptors (Lipinski definition) is 7. The molecule has 4 rings (SSSR count). The molecule has 1 heterocycles. The topological polar surface area (TPSA) is 118 Å². The molecule has 3 aromatic carbocycles. The highest BCUT2D eigenvalue weighted by Crippen LogP contribution is 2.37. The largest absolute Gasteiger partial charge is 0.497 e. The van der Waals surface area contributed by atoms with Crippen molar-refractivity contribution in [3.05, 3.63) is 94.2 Å². The van der Waals surface area contributed by atoms with E-state index in [9.17, 15) is 23.3 Å². The Morgan fingerprint density at radius 1 is 0.939 bits per heavy atom. The first-order valence-electron chi connectivity index (χ1n) is 9.65. The summed E-state index contributed by atoms with van der Waals surface area (Å²) in [7, 11) is -1.64. The monoisotopic (exact) mass is 466 g/mol. The average molecular weight is 466 g/mol. The van der Waals surface area contributed by atoms with Crippen LogP contribution in [0.2, 0.25) is 0 Å². The van der Waals surface area contributed by atoms with Crippen molar-refractivity contribution < 1.29 is 27.6 Å². The molecular weight excluding hydrogens is 448 g/mol. The zero-order chi connectivity index (χ0) is 23.8. The molecule has 0 atom stereocenters. The molecule has 0 spiro atoms. The van der Waals surface area contributed by atoms with Crippen molar-refractivity contribution in [3.63, 3.8) is 0 Å². The molecule has 0 fully saturated rings. The summed E-state index contributed by atoms with van der Waals surface area (Å²) in [5.74, 6) is -0.903. The lowest BCUT2D eigenvalue weighted by Crippen LogP contribution is -2.19. The molecule has 0 aliphatic heterocycles. The number of benzene rings is 3. The summed E-state index contributed by atoms with van der Waals surface area (Å²) in [6.45, 7) is 0. The Balaban J connectivity index is 2.04. The van der Waals surface area contributed by atoms with Crippen molar-refractivity contribution in [3.8, 4) is 11.5 Å². The minimum atomic E-state index is -4.21. The van der Waals surface area contributed by atoms with Crippen LogP contribution in [0.25, 0.3) is 10.9 Å². The highest BCUT2D eigenvalue weighted by Gasteiger charge is 2.33. The minimum Gasteiger partial charge on any atom is -0.497 e. The van der Waals surface area contributed by atoms with Gasteiger partial charge in [0.2, 0.25) is 11.5 Å². The molecule has 4 aromatic rings. The van der Waals surface area contributed by atoms with Crippen LogP contribution in [0.1, 0.15) is 16.1 Å². The third kappa shape index (κ3) is 3.70. The molecule has 0 saturated heterocycles. The van der Waals surface area contributed by atoms with E-state index in [4.69, 9.17) is 9.47 Å². The van der Waals surface area contributed by atoms with Crippen molar-refractivity contribution in [1.82, 2.24) is 3.97 Å². The normalized spacial score (nSPS) is 11.3. The Morgan fingerprint density at radius 3 is 2.24 bits per heavy atom. The lowest BCUT2D eigenvalue weighted by Gasteiger charge is -2.13. The van der Waals surface area contributed by atoms with E-state index in [2.05, 4.69) is 0 Å². The van der Waals surface area contributed by atoms with E-state index in [1.54, 1.807) is 42.5 Å². The standard InChI is InChI=1S/C23H18N2O7S/c1-31-16-13-18(22(25(27)28)21(14-16)32-2)23(26)20-12-15-8-6-7-11-19(15)24(20)33(29,30)17-9-4-3-5-10-17/h3-14H,1-2H3. The number of ether oxygens (including phenoxy) is 2. The quantitative estimate of drug-likeness (QED) is 0.229. The van der Waals surface area contributed by atoms with Gasteiger partial charge in [-0.15, -0.1) is 0 Å². The van der Waals surface area contributed by atoms with Crippen LogP contribution < -0.4 is 9.47 Å². The van der Waals surface area contributed by atoms with E-state index in [1.165, 1.54) is 44.6 Å². The molecule has 0 bridgehead atoms. The van der Waals surface area contributed by atoms with Crippen molar-refractivity contribution in [2.24, 2.45) is 0 Å². The fourth-order valence-corrected chi connectivity index (χ4v) is 5.13. The maximum absolute atomic E-state index is 13.7. The van der Waals surface area contributed by atoms with E-state index < -0.39 is 26.4 Å². The Bertz CT molecular complexity index is 1490. The van der Waals surface area contributed by atoms with Crippen LogP contribution in [-0.4, -0.2) is 37.3 Å². The third-order valence-corrected chi connectivity index (χ3v) is 6.85. The van der Waals surface area contributed by atoms with Crippen molar-refractivity contribution in [1.29, 1.82) is 0 Å².